The van der Waals surface area contributed by atoms with Crippen LogP contribution in [0.2, 0.25) is 0 Å². The van der Waals surface area contributed by atoms with Crippen LogP contribution in [0, 0.1) is 0 Å². The van der Waals surface area contributed by atoms with Gasteiger partial charge in [-0.15, -0.1) is 24.8 Å². The van der Waals surface area contributed by atoms with Crippen molar-refractivity contribution >= 4 is 31.3 Å². The van der Waals surface area contributed by atoms with Crippen molar-refractivity contribution in [3.05, 3.63) is 146 Å². The van der Waals surface area contributed by atoms with Crippen molar-refractivity contribution < 1.29 is 21.3 Å². The van der Waals surface area contributed by atoms with E-state index in [0.29, 0.717) is 11.8 Å². The van der Waals surface area contributed by atoms with Gasteiger partial charge in [-0.3, -0.25) is 0 Å². The molecule has 0 heterocycles. The SMILES string of the molecule is CC([C](C(C)c1ccccc1)=[Zr]([C]1=CC=CC1)[c]1cc(C(C)(C)C)cc2c1Cc1ccc(C(C)(C)C)cc1-2)c1ccccc1.Cl.Cl. The fourth-order valence-electron chi connectivity index (χ4n) is 7.19. The summed E-state index contributed by atoms with van der Waals surface area (Å²) in [6.07, 6.45) is 9.36. The molecule has 0 nitrogen and oxygen atoms in total. The Morgan fingerprint density at radius 3 is 1.70 bits per heavy atom. The van der Waals surface area contributed by atoms with Gasteiger partial charge in [0, 0.05) is 0 Å². The van der Waals surface area contributed by atoms with Gasteiger partial charge in [0.15, 0.2) is 0 Å². The van der Waals surface area contributed by atoms with Gasteiger partial charge >= 0.3 is 276 Å². The molecule has 0 aliphatic heterocycles. The third-order valence-corrected chi connectivity index (χ3v) is 18.4. The molecule has 0 radical (unpaired) electrons. The van der Waals surface area contributed by atoms with E-state index in [2.05, 4.69) is 165 Å². The van der Waals surface area contributed by atoms with Gasteiger partial charge in [0.25, 0.3) is 0 Å². The van der Waals surface area contributed by atoms with Crippen LogP contribution in [0.4, 0.5) is 0 Å². The van der Waals surface area contributed by atoms with E-state index in [-0.39, 0.29) is 35.6 Å². The van der Waals surface area contributed by atoms with E-state index in [1.54, 1.807) is 15.3 Å². The molecule has 240 valence electrons. The summed E-state index contributed by atoms with van der Waals surface area (Å²) in [4.78, 5) is 0. The summed E-state index contributed by atoms with van der Waals surface area (Å²) in [6, 6.07) is 35.2. The number of hydrogen-bond donors (Lipinski definition) is 0. The van der Waals surface area contributed by atoms with E-state index >= 15 is 0 Å². The first-order valence-corrected chi connectivity index (χ1v) is 20.1. The minimum absolute atomic E-state index is 0. The Morgan fingerprint density at radius 2 is 1.20 bits per heavy atom. The summed E-state index contributed by atoms with van der Waals surface area (Å²) in [5.74, 6) is 0.764. The predicted molar refractivity (Wildman–Crippen MR) is 203 cm³/mol. The fraction of sp³-hybridized carbons (Fsp3) is 0.326. The Morgan fingerprint density at radius 1 is 0.652 bits per heavy atom. The zero-order valence-electron chi connectivity index (χ0n) is 28.8. The van der Waals surface area contributed by atoms with Crippen molar-refractivity contribution in [2.24, 2.45) is 0 Å². The largest absolute Gasteiger partial charge is 0.147 e. The number of hydrogen-bond acceptors (Lipinski definition) is 0. The van der Waals surface area contributed by atoms with E-state index in [4.69, 9.17) is 0 Å². The second-order valence-electron chi connectivity index (χ2n) is 15.0. The van der Waals surface area contributed by atoms with E-state index in [0.717, 1.165) is 12.8 Å². The summed E-state index contributed by atoms with van der Waals surface area (Å²) in [5, 5.41) is 0. The molecule has 0 amide bonds. The predicted octanol–water partition coefficient (Wildman–Crippen LogP) is 11.6. The van der Waals surface area contributed by atoms with Crippen LogP contribution in [0.5, 0.6) is 0 Å². The quantitative estimate of drug-likeness (QED) is 0.163. The molecule has 4 aromatic carbocycles. The first kappa shape index (κ1) is 36.5. The van der Waals surface area contributed by atoms with Gasteiger partial charge < -0.3 is 0 Å². The molecule has 2 aliphatic carbocycles. The average Bonchev–Trinajstić information content (AvgIpc) is 3.67. The van der Waals surface area contributed by atoms with E-state index in [9.17, 15) is 0 Å². The van der Waals surface area contributed by atoms with Crippen molar-refractivity contribution in [3.8, 4) is 11.1 Å². The Labute approximate surface area is 298 Å². The number of benzene rings is 4. The van der Waals surface area contributed by atoms with Crippen molar-refractivity contribution in [2.75, 3.05) is 0 Å². The zero-order chi connectivity index (χ0) is 31.2. The Balaban J connectivity index is 0.00000240. The fourth-order valence-corrected chi connectivity index (χ4v) is 16.1. The normalized spacial score (nSPS) is 14.7. The first-order chi connectivity index (χ1) is 20.9. The minimum atomic E-state index is -2.67. The van der Waals surface area contributed by atoms with Crippen molar-refractivity contribution in [2.45, 2.75) is 90.9 Å². The van der Waals surface area contributed by atoms with E-state index < -0.39 is 21.3 Å². The molecular weight excluding hydrogens is 679 g/mol. The maximum absolute atomic E-state index is 2.68. The minimum Gasteiger partial charge on any atom is -0.147 e. The first-order valence-electron chi connectivity index (χ1n) is 16.4. The molecule has 4 aromatic rings. The summed E-state index contributed by atoms with van der Waals surface area (Å²) in [5.41, 5.74) is 12.1. The monoisotopic (exact) mass is 726 g/mol. The molecular formula is C43H50Cl2Zr. The number of allylic oxidation sites excluding steroid dienone is 4. The number of fused-ring (bicyclic) bond motifs is 3. The number of halogens is 2. The van der Waals surface area contributed by atoms with Gasteiger partial charge in [-0.2, -0.15) is 0 Å². The third-order valence-electron chi connectivity index (χ3n) is 9.93. The van der Waals surface area contributed by atoms with Crippen LogP contribution in [0.25, 0.3) is 11.1 Å². The van der Waals surface area contributed by atoms with Crippen molar-refractivity contribution in [1.29, 1.82) is 0 Å². The summed E-state index contributed by atoms with van der Waals surface area (Å²) in [6.45, 7) is 19.2. The summed E-state index contributed by atoms with van der Waals surface area (Å²) >= 11 is -2.67. The summed E-state index contributed by atoms with van der Waals surface area (Å²) in [7, 11) is 0. The molecule has 0 saturated heterocycles. The van der Waals surface area contributed by atoms with Crippen molar-refractivity contribution in [1.82, 2.24) is 0 Å². The van der Waals surface area contributed by atoms with Gasteiger partial charge in [0.2, 0.25) is 0 Å². The topological polar surface area (TPSA) is 0 Å². The van der Waals surface area contributed by atoms with Gasteiger partial charge in [-0.05, 0) is 0 Å². The second kappa shape index (κ2) is 14.4. The molecule has 46 heavy (non-hydrogen) atoms. The molecule has 0 spiro atoms. The number of rotatable bonds is 6. The van der Waals surface area contributed by atoms with Gasteiger partial charge in [-0.1, -0.05) is 0 Å². The average molecular weight is 729 g/mol. The summed E-state index contributed by atoms with van der Waals surface area (Å²) < 4.78 is 5.21. The molecule has 3 heteroatoms. The molecule has 0 N–H and O–H groups in total. The Hall–Kier alpha value is -2.31. The van der Waals surface area contributed by atoms with Crippen LogP contribution in [0.3, 0.4) is 0 Å². The van der Waals surface area contributed by atoms with E-state index in [1.165, 1.54) is 38.9 Å². The Bertz CT molecular complexity index is 1730. The van der Waals surface area contributed by atoms with Crippen LogP contribution >= 0.6 is 24.8 Å². The second-order valence-corrected chi connectivity index (χ2v) is 21.2. The molecule has 0 bridgehead atoms. The zero-order valence-corrected chi connectivity index (χ0v) is 32.9. The van der Waals surface area contributed by atoms with Crippen LogP contribution in [0.15, 0.2) is 113 Å². The molecule has 6 rings (SSSR count). The molecule has 2 unspecified atom stereocenters. The van der Waals surface area contributed by atoms with Gasteiger partial charge in [-0.25, -0.2) is 0 Å². The third kappa shape index (κ3) is 7.23. The van der Waals surface area contributed by atoms with Crippen molar-refractivity contribution in [3.63, 3.8) is 0 Å². The van der Waals surface area contributed by atoms with Crippen LogP contribution < -0.4 is 3.27 Å². The molecule has 2 aliphatic rings. The standard InChI is InChI=1S/C21H25.C17H18.C5H5.2ClH.Zr/c1-20(2,3)16-9-7-14-11-15-8-10-17(21(4,5)6)13-19(15)18(14)12-16;1-14(16-9-5-3-6-10-16)13-15(2)17-11-7-4-8-12-17;1-2-4-5-3-1;;;/h7,9-10,12-13H,11H2,1-6H3;3-12,14-15H,1-2H3;1-3H,4H2;2*1H;. The Kier molecular flexibility index (Phi) is 11.5. The molecule has 0 fully saturated rings. The molecule has 2 atom stereocenters. The van der Waals surface area contributed by atoms with Gasteiger partial charge in [0.1, 0.15) is 0 Å². The molecule has 0 aromatic heterocycles. The molecule has 0 saturated carbocycles. The van der Waals surface area contributed by atoms with Gasteiger partial charge in [0.05, 0.1) is 0 Å². The van der Waals surface area contributed by atoms with Crippen LogP contribution in [0.1, 0.15) is 107 Å². The maximum Gasteiger partial charge on any atom is -0.147 e. The van der Waals surface area contributed by atoms with Crippen LogP contribution in [-0.2, 0) is 38.5 Å². The maximum atomic E-state index is 2.68. The van der Waals surface area contributed by atoms with Crippen LogP contribution in [-0.4, -0.2) is 3.21 Å². The smallest absolute Gasteiger partial charge is 0.147 e. The van der Waals surface area contributed by atoms with E-state index in [1.807, 2.05) is 0 Å².